The first kappa shape index (κ1) is 10.2. The SMILES string of the molecule is CC1CC(C(=O)Nc2cnoc2)CCN1. The third-order valence-corrected chi connectivity index (χ3v) is 2.69. The molecule has 5 nitrogen and oxygen atoms in total. The predicted molar refractivity (Wildman–Crippen MR) is 55.3 cm³/mol. The highest BCUT2D eigenvalue weighted by molar-refractivity contribution is 5.92. The van der Waals surface area contributed by atoms with Gasteiger partial charge in [-0.05, 0) is 26.3 Å². The minimum Gasteiger partial charge on any atom is -0.363 e. The van der Waals surface area contributed by atoms with Crippen LogP contribution in [0.15, 0.2) is 17.0 Å². The Morgan fingerprint density at radius 1 is 1.73 bits per heavy atom. The molecule has 2 rings (SSSR count). The number of piperidine rings is 1. The minimum absolute atomic E-state index is 0.0616. The zero-order valence-corrected chi connectivity index (χ0v) is 8.69. The van der Waals surface area contributed by atoms with Crippen molar-refractivity contribution in [2.75, 3.05) is 11.9 Å². The van der Waals surface area contributed by atoms with Gasteiger partial charge in [0.15, 0.2) is 0 Å². The Morgan fingerprint density at radius 3 is 3.27 bits per heavy atom. The van der Waals surface area contributed by atoms with Crippen LogP contribution in [0.5, 0.6) is 0 Å². The van der Waals surface area contributed by atoms with Gasteiger partial charge in [0, 0.05) is 12.0 Å². The lowest BCUT2D eigenvalue weighted by Crippen LogP contribution is -2.40. The molecule has 1 aliphatic heterocycles. The minimum atomic E-state index is 0.0616. The topological polar surface area (TPSA) is 67.2 Å². The molecule has 1 saturated heterocycles. The quantitative estimate of drug-likeness (QED) is 0.762. The lowest BCUT2D eigenvalue weighted by atomic mass is 9.92. The number of aromatic nitrogens is 1. The number of anilines is 1. The van der Waals surface area contributed by atoms with Crippen LogP contribution in [-0.4, -0.2) is 23.7 Å². The molecule has 2 atom stereocenters. The molecule has 0 aliphatic carbocycles. The molecule has 5 heteroatoms. The van der Waals surface area contributed by atoms with Crippen LogP contribution < -0.4 is 10.6 Å². The molecule has 2 unspecified atom stereocenters. The average Bonchev–Trinajstić information content (AvgIpc) is 2.70. The lowest BCUT2D eigenvalue weighted by molar-refractivity contribution is -0.120. The Kier molecular flexibility index (Phi) is 3.01. The van der Waals surface area contributed by atoms with E-state index in [-0.39, 0.29) is 11.8 Å². The van der Waals surface area contributed by atoms with Crippen LogP contribution in [0.1, 0.15) is 19.8 Å². The fraction of sp³-hybridized carbons (Fsp3) is 0.600. The monoisotopic (exact) mass is 209 g/mol. The Morgan fingerprint density at radius 2 is 2.60 bits per heavy atom. The molecule has 0 radical (unpaired) electrons. The summed E-state index contributed by atoms with van der Waals surface area (Å²) in [6.45, 7) is 3.00. The average molecular weight is 209 g/mol. The van der Waals surface area contributed by atoms with Gasteiger partial charge in [-0.3, -0.25) is 4.79 Å². The summed E-state index contributed by atoms with van der Waals surface area (Å²) in [5, 5.41) is 9.64. The molecular weight excluding hydrogens is 194 g/mol. The van der Waals surface area contributed by atoms with Crippen LogP contribution in [0.4, 0.5) is 5.69 Å². The summed E-state index contributed by atoms with van der Waals surface area (Å²) >= 11 is 0. The molecule has 2 heterocycles. The fourth-order valence-electron chi connectivity index (χ4n) is 1.88. The van der Waals surface area contributed by atoms with E-state index in [0.717, 1.165) is 19.4 Å². The Labute approximate surface area is 88.2 Å². The second-order valence-electron chi connectivity index (χ2n) is 3.98. The number of nitrogens with one attached hydrogen (secondary N) is 2. The first-order valence-electron chi connectivity index (χ1n) is 5.19. The normalized spacial score (nSPS) is 26.2. The van der Waals surface area contributed by atoms with Crippen molar-refractivity contribution in [2.45, 2.75) is 25.8 Å². The van der Waals surface area contributed by atoms with E-state index in [1.807, 2.05) is 0 Å². The van der Waals surface area contributed by atoms with Crippen molar-refractivity contribution in [3.63, 3.8) is 0 Å². The summed E-state index contributed by atoms with van der Waals surface area (Å²) in [4.78, 5) is 11.8. The third-order valence-electron chi connectivity index (χ3n) is 2.69. The first-order chi connectivity index (χ1) is 7.25. The van der Waals surface area contributed by atoms with Gasteiger partial charge in [0.2, 0.25) is 5.91 Å². The second-order valence-corrected chi connectivity index (χ2v) is 3.98. The molecule has 0 spiro atoms. The number of hydrogen-bond acceptors (Lipinski definition) is 4. The number of carbonyl (C=O) groups is 1. The van der Waals surface area contributed by atoms with Gasteiger partial charge in [-0.15, -0.1) is 0 Å². The molecule has 82 valence electrons. The number of amides is 1. The van der Waals surface area contributed by atoms with Crippen molar-refractivity contribution < 1.29 is 9.32 Å². The van der Waals surface area contributed by atoms with Crippen molar-refractivity contribution in [3.05, 3.63) is 12.5 Å². The summed E-state index contributed by atoms with van der Waals surface area (Å²) in [5.41, 5.74) is 0.631. The fourth-order valence-corrected chi connectivity index (χ4v) is 1.88. The largest absolute Gasteiger partial charge is 0.363 e. The number of carbonyl (C=O) groups excluding carboxylic acids is 1. The molecule has 0 aromatic carbocycles. The maximum absolute atomic E-state index is 11.8. The van der Waals surface area contributed by atoms with E-state index < -0.39 is 0 Å². The van der Waals surface area contributed by atoms with Gasteiger partial charge in [-0.2, -0.15) is 0 Å². The van der Waals surface area contributed by atoms with E-state index in [2.05, 4.69) is 27.2 Å². The van der Waals surface area contributed by atoms with Crippen molar-refractivity contribution in [3.8, 4) is 0 Å². The van der Waals surface area contributed by atoms with Gasteiger partial charge in [0.25, 0.3) is 0 Å². The van der Waals surface area contributed by atoms with E-state index in [0.29, 0.717) is 11.7 Å². The predicted octanol–water partition coefficient (Wildman–Crippen LogP) is 1.00. The highest BCUT2D eigenvalue weighted by Crippen LogP contribution is 2.18. The van der Waals surface area contributed by atoms with Gasteiger partial charge < -0.3 is 15.2 Å². The first-order valence-corrected chi connectivity index (χ1v) is 5.19. The zero-order valence-electron chi connectivity index (χ0n) is 8.69. The second kappa shape index (κ2) is 4.44. The van der Waals surface area contributed by atoms with E-state index in [1.54, 1.807) is 0 Å². The standard InChI is InChI=1S/C10H15N3O2/c1-7-4-8(2-3-11-7)10(14)13-9-5-12-15-6-9/h5-8,11H,2-4H2,1H3,(H,13,14). The maximum Gasteiger partial charge on any atom is 0.227 e. The number of rotatable bonds is 2. The van der Waals surface area contributed by atoms with Gasteiger partial charge in [0.1, 0.15) is 12.0 Å². The van der Waals surface area contributed by atoms with Crippen LogP contribution in [0.3, 0.4) is 0 Å². The van der Waals surface area contributed by atoms with Gasteiger partial charge in [-0.25, -0.2) is 0 Å². The van der Waals surface area contributed by atoms with Crippen LogP contribution in [0.25, 0.3) is 0 Å². The highest BCUT2D eigenvalue weighted by Gasteiger charge is 2.24. The molecular formula is C10H15N3O2. The van der Waals surface area contributed by atoms with E-state index in [4.69, 9.17) is 0 Å². The molecule has 0 saturated carbocycles. The zero-order chi connectivity index (χ0) is 10.7. The lowest BCUT2D eigenvalue weighted by Gasteiger charge is -2.26. The molecule has 15 heavy (non-hydrogen) atoms. The van der Waals surface area contributed by atoms with E-state index >= 15 is 0 Å². The number of hydrogen-bond donors (Lipinski definition) is 2. The van der Waals surface area contributed by atoms with Crippen LogP contribution in [0.2, 0.25) is 0 Å². The maximum atomic E-state index is 11.8. The molecule has 1 amide bonds. The van der Waals surface area contributed by atoms with E-state index in [9.17, 15) is 4.79 Å². The highest BCUT2D eigenvalue weighted by atomic mass is 16.5. The van der Waals surface area contributed by atoms with Crippen molar-refractivity contribution in [1.82, 2.24) is 10.5 Å². The van der Waals surface area contributed by atoms with Crippen LogP contribution in [0, 0.1) is 5.92 Å². The molecule has 2 N–H and O–H groups in total. The summed E-state index contributed by atoms with van der Waals surface area (Å²) in [5.74, 6) is 0.155. The summed E-state index contributed by atoms with van der Waals surface area (Å²) in [6.07, 6.45) is 4.71. The van der Waals surface area contributed by atoms with Gasteiger partial charge in [-0.1, -0.05) is 5.16 Å². The molecule has 0 bridgehead atoms. The van der Waals surface area contributed by atoms with Crippen molar-refractivity contribution in [1.29, 1.82) is 0 Å². The number of nitrogens with zero attached hydrogens (tertiary/aromatic N) is 1. The Balaban J connectivity index is 1.90. The van der Waals surface area contributed by atoms with Crippen molar-refractivity contribution >= 4 is 11.6 Å². The van der Waals surface area contributed by atoms with E-state index in [1.165, 1.54) is 12.5 Å². The van der Waals surface area contributed by atoms with Gasteiger partial charge >= 0.3 is 0 Å². The summed E-state index contributed by atoms with van der Waals surface area (Å²) in [6, 6.07) is 0.414. The molecule has 1 fully saturated rings. The molecule has 1 aliphatic rings. The van der Waals surface area contributed by atoms with Crippen LogP contribution in [-0.2, 0) is 4.79 Å². The summed E-state index contributed by atoms with van der Waals surface area (Å²) in [7, 11) is 0. The molecule has 1 aromatic heterocycles. The molecule has 1 aromatic rings. The summed E-state index contributed by atoms with van der Waals surface area (Å²) < 4.78 is 4.65. The van der Waals surface area contributed by atoms with Gasteiger partial charge in [0.05, 0.1) is 6.20 Å². The smallest absolute Gasteiger partial charge is 0.227 e. The van der Waals surface area contributed by atoms with Crippen LogP contribution >= 0.6 is 0 Å². The third kappa shape index (κ3) is 2.56. The Bertz CT molecular complexity index is 323. The Hall–Kier alpha value is -1.36. The van der Waals surface area contributed by atoms with Crippen molar-refractivity contribution in [2.24, 2.45) is 5.92 Å².